The molecule has 0 amide bonds. The summed E-state index contributed by atoms with van der Waals surface area (Å²) in [7, 11) is 0. The Morgan fingerprint density at radius 1 is 0.489 bits per heavy atom. The van der Waals surface area contributed by atoms with Gasteiger partial charge in [0, 0.05) is 22.5 Å². The highest BCUT2D eigenvalue weighted by Gasteiger charge is 2.35. The molecule has 0 aromatic heterocycles. The SMILES string of the molecule is Cc1ccc2c(c1)C(C)(C)c1cc(/C=C/c3ccc4c(ccc5cc(N(c6ccccc6C)c6ccccc6C)ccc54)c3)ccc1-2. The zero-order valence-electron chi connectivity index (χ0n) is 27.8. The van der Waals surface area contributed by atoms with Crippen molar-refractivity contribution in [1.82, 2.24) is 0 Å². The van der Waals surface area contributed by atoms with Gasteiger partial charge < -0.3 is 4.90 Å². The van der Waals surface area contributed by atoms with Crippen molar-refractivity contribution in [3.05, 3.63) is 172 Å². The van der Waals surface area contributed by atoms with E-state index in [0.717, 1.165) is 5.69 Å². The summed E-state index contributed by atoms with van der Waals surface area (Å²) in [6.45, 7) is 11.3. The second-order valence-electron chi connectivity index (χ2n) is 13.7. The minimum absolute atomic E-state index is 0.00128. The van der Waals surface area contributed by atoms with Gasteiger partial charge in [0.05, 0.1) is 0 Å². The van der Waals surface area contributed by atoms with Crippen molar-refractivity contribution in [2.75, 3.05) is 4.90 Å². The summed E-state index contributed by atoms with van der Waals surface area (Å²) >= 11 is 0. The number of rotatable bonds is 5. The summed E-state index contributed by atoms with van der Waals surface area (Å²) in [5.41, 5.74) is 15.4. The minimum Gasteiger partial charge on any atom is -0.310 e. The normalized spacial score (nSPS) is 13.3. The Hall–Kier alpha value is -5.40. The van der Waals surface area contributed by atoms with Crippen LogP contribution < -0.4 is 4.90 Å². The van der Waals surface area contributed by atoms with E-state index < -0.39 is 0 Å². The maximum atomic E-state index is 2.39. The van der Waals surface area contributed by atoms with Gasteiger partial charge in [-0.05, 0) is 117 Å². The Labute approximate surface area is 278 Å². The molecule has 1 heteroatoms. The maximum absolute atomic E-state index is 2.39. The molecule has 1 aliphatic rings. The molecule has 0 spiro atoms. The molecular formula is C46H39N. The first kappa shape index (κ1) is 29.0. The van der Waals surface area contributed by atoms with Crippen LogP contribution in [-0.2, 0) is 5.41 Å². The van der Waals surface area contributed by atoms with E-state index in [0.29, 0.717) is 0 Å². The van der Waals surface area contributed by atoms with Crippen LogP contribution in [0.2, 0.25) is 0 Å². The van der Waals surface area contributed by atoms with Crippen LogP contribution in [0.25, 0.3) is 44.8 Å². The predicted molar refractivity (Wildman–Crippen MR) is 203 cm³/mol. The third-order valence-electron chi connectivity index (χ3n) is 10.1. The molecule has 7 aromatic rings. The first-order chi connectivity index (χ1) is 22.8. The fourth-order valence-corrected chi connectivity index (χ4v) is 7.52. The number of benzene rings is 7. The monoisotopic (exact) mass is 605 g/mol. The molecule has 0 aliphatic heterocycles. The summed E-state index contributed by atoms with van der Waals surface area (Å²) in [6.07, 6.45) is 4.50. The van der Waals surface area contributed by atoms with Crippen LogP contribution in [0, 0.1) is 20.8 Å². The third kappa shape index (κ3) is 4.95. The van der Waals surface area contributed by atoms with E-state index in [-0.39, 0.29) is 5.41 Å². The van der Waals surface area contributed by atoms with Crippen molar-refractivity contribution in [3.8, 4) is 11.1 Å². The lowest BCUT2D eigenvalue weighted by molar-refractivity contribution is 0.659. The van der Waals surface area contributed by atoms with Gasteiger partial charge in [0.2, 0.25) is 0 Å². The molecule has 0 radical (unpaired) electrons. The van der Waals surface area contributed by atoms with Gasteiger partial charge in [-0.3, -0.25) is 0 Å². The Morgan fingerprint density at radius 2 is 1.02 bits per heavy atom. The van der Waals surface area contributed by atoms with Crippen molar-refractivity contribution >= 4 is 50.8 Å². The molecule has 47 heavy (non-hydrogen) atoms. The van der Waals surface area contributed by atoms with E-state index in [2.05, 4.69) is 185 Å². The van der Waals surface area contributed by atoms with Crippen LogP contribution in [0.4, 0.5) is 17.1 Å². The molecule has 7 aromatic carbocycles. The second-order valence-corrected chi connectivity index (χ2v) is 13.7. The number of anilines is 3. The smallest absolute Gasteiger partial charge is 0.0490 e. The molecule has 1 aliphatic carbocycles. The highest BCUT2D eigenvalue weighted by molar-refractivity contribution is 6.09. The molecule has 0 fully saturated rings. The van der Waals surface area contributed by atoms with Crippen molar-refractivity contribution < 1.29 is 0 Å². The van der Waals surface area contributed by atoms with Crippen LogP contribution in [0.1, 0.15) is 52.8 Å². The van der Waals surface area contributed by atoms with Gasteiger partial charge in [-0.1, -0.05) is 135 Å². The van der Waals surface area contributed by atoms with Crippen LogP contribution in [0.5, 0.6) is 0 Å². The average Bonchev–Trinajstić information content (AvgIpc) is 3.30. The van der Waals surface area contributed by atoms with Crippen LogP contribution >= 0.6 is 0 Å². The number of fused-ring (bicyclic) bond motifs is 6. The average molecular weight is 606 g/mol. The lowest BCUT2D eigenvalue weighted by Crippen LogP contribution is -2.15. The van der Waals surface area contributed by atoms with E-state index in [1.807, 2.05) is 0 Å². The molecule has 0 saturated carbocycles. The summed E-state index contributed by atoms with van der Waals surface area (Å²) in [5, 5.41) is 5.04. The summed E-state index contributed by atoms with van der Waals surface area (Å²) in [5.74, 6) is 0. The van der Waals surface area contributed by atoms with Crippen molar-refractivity contribution in [2.24, 2.45) is 0 Å². The topological polar surface area (TPSA) is 3.24 Å². The zero-order valence-corrected chi connectivity index (χ0v) is 27.8. The van der Waals surface area contributed by atoms with Crippen LogP contribution in [0.15, 0.2) is 133 Å². The maximum Gasteiger partial charge on any atom is 0.0490 e. The van der Waals surface area contributed by atoms with Gasteiger partial charge >= 0.3 is 0 Å². The Kier molecular flexibility index (Phi) is 6.88. The van der Waals surface area contributed by atoms with Gasteiger partial charge in [0.1, 0.15) is 0 Å². The van der Waals surface area contributed by atoms with E-state index >= 15 is 0 Å². The molecule has 1 nitrogen and oxygen atoms in total. The molecule has 0 unspecified atom stereocenters. The second kappa shape index (κ2) is 11.1. The molecule has 0 heterocycles. The number of aryl methyl sites for hydroxylation is 3. The quantitative estimate of drug-likeness (QED) is 0.139. The minimum atomic E-state index is 0.00128. The zero-order chi connectivity index (χ0) is 32.3. The molecule has 0 N–H and O–H groups in total. The molecule has 8 rings (SSSR count). The van der Waals surface area contributed by atoms with E-state index in [1.54, 1.807) is 0 Å². The molecule has 0 atom stereocenters. The van der Waals surface area contributed by atoms with Crippen molar-refractivity contribution in [1.29, 1.82) is 0 Å². The van der Waals surface area contributed by atoms with Crippen molar-refractivity contribution in [3.63, 3.8) is 0 Å². The Bertz CT molecular complexity index is 2330. The number of hydrogen-bond donors (Lipinski definition) is 0. The van der Waals surface area contributed by atoms with Crippen molar-refractivity contribution in [2.45, 2.75) is 40.0 Å². The highest BCUT2D eigenvalue weighted by Crippen LogP contribution is 2.49. The predicted octanol–water partition coefficient (Wildman–Crippen LogP) is 12.9. The lowest BCUT2D eigenvalue weighted by atomic mass is 9.81. The number of hydrogen-bond acceptors (Lipinski definition) is 1. The fraction of sp³-hybridized carbons (Fsp3) is 0.130. The first-order valence-electron chi connectivity index (χ1n) is 16.6. The van der Waals surface area contributed by atoms with Crippen LogP contribution in [-0.4, -0.2) is 0 Å². The Morgan fingerprint density at radius 3 is 1.68 bits per heavy atom. The fourth-order valence-electron chi connectivity index (χ4n) is 7.52. The highest BCUT2D eigenvalue weighted by atomic mass is 15.1. The summed E-state index contributed by atoms with van der Waals surface area (Å²) in [6, 6.07) is 49.3. The summed E-state index contributed by atoms with van der Waals surface area (Å²) < 4.78 is 0. The molecule has 0 bridgehead atoms. The van der Waals surface area contributed by atoms with Gasteiger partial charge in [-0.15, -0.1) is 0 Å². The Balaban J connectivity index is 1.13. The molecule has 228 valence electrons. The van der Waals surface area contributed by atoms with Gasteiger partial charge in [0.15, 0.2) is 0 Å². The van der Waals surface area contributed by atoms with E-state index in [1.165, 1.54) is 83.0 Å². The molecule has 0 saturated heterocycles. The largest absolute Gasteiger partial charge is 0.310 e. The third-order valence-corrected chi connectivity index (χ3v) is 10.1. The van der Waals surface area contributed by atoms with E-state index in [9.17, 15) is 0 Å². The van der Waals surface area contributed by atoms with Gasteiger partial charge in [0.25, 0.3) is 0 Å². The summed E-state index contributed by atoms with van der Waals surface area (Å²) in [4.78, 5) is 2.39. The first-order valence-corrected chi connectivity index (χ1v) is 16.6. The van der Waals surface area contributed by atoms with Gasteiger partial charge in [-0.25, -0.2) is 0 Å². The number of para-hydroxylation sites is 2. The standard InChI is InChI=1S/C46H39N/c1-30-14-22-40-41-24-18-34(28-43(41)46(4,5)42(40)26-30)16-15-33-17-23-38-35(27-33)19-20-36-29-37(21-25-39(36)38)47(44-12-8-6-10-31(44)2)45-13-9-7-11-32(45)3/h6-29H,1-5H3/b16-15+. The lowest BCUT2D eigenvalue weighted by Gasteiger charge is -2.28. The van der Waals surface area contributed by atoms with E-state index in [4.69, 9.17) is 0 Å². The number of nitrogens with zero attached hydrogens (tertiary/aromatic N) is 1. The molecular weight excluding hydrogens is 567 g/mol. The van der Waals surface area contributed by atoms with Gasteiger partial charge in [-0.2, -0.15) is 0 Å². The van der Waals surface area contributed by atoms with Crippen LogP contribution in [0.3, 0.4) is 0 Å².